The number of methoxy groups -OCH3 is 1. The zero-order valence-electron chi connectivity index (χ0n) is 22.3. The van der Waals surface area contributed by atoms with Crippen molar-refractivity contribution in [2.75, 3.05) is 17.7 Å². The van der Waals surface area contributed by atoms with Gasteiger partial charge in [0.15, 0.2) is 17.0 Å². The van der Waals surface area contributed by atoms with Crippen LogP contribution < -0.4 is 15.4 Å². The number of nitrogens with one attached hydrogen (secondary N) is 2. The second-order valence-corrected chi connectivity index (χ2v) is 9.22. The van der Waals surface area contributed by atoms with Crippen LogP contribution in [0.2, 0.25) is 0 Å². The molecule has 0 bridgehead atoms. The average Bonchev–Trinajstić information content (AvgIpc) is 3.37. The third kappa shape index (κ3) is 5.59. The molecule has 0 amide bonds. The Morgan fingerprint density at radius 3 is 2.33 bits per heavy atom. The van der Waals surface area contributed by atoms with Gasteiger partial charge in [0.05, 0.1) is 37.7 Å². The van der Waals surface area contributed by atoms with Gasteiger partial charge < -0.3 is 19.9 Å². The molecule has 5 rings (SSSR count). The van der Waals surface area contributed by atoms with Crippen LogP contribution in [0.15, 0.2) is 73.1 Å². The smallest absolute Gasteiger partial charge is 0.231 e. The summed E-state index contributed by atoms with van der Waals surface area (Å²) < 4.78 is 7.26. The van der Waals surface area contributed by atoms with Crippen LogP contribution in [0.5, 0.6) is 5.75 Å². The van der Waals surface area contributed by atoms with E-state index in [2.05, 4.69) is 21.7 Å². The number of aryl methyl sites for hydroxylation is 2. The number of nitriles is 2. The summed E-state index contributed by atoms with van der Waals surface area (Å²) in [5.74, 6) is 1.74. The number of fused-ring (bicyclic) bond motifs is 1. The number of anilines is 4. The maximum atomic E-state index is 9.14. The van der Waals surface area contributed by atoms with Crippen LogP contribution in [0.25, 0.3) is 17.2 Å². The van der Waals surface area contributed by atoms with E-state index in [1.165, 1.54) is 6.08 Å². The molecule has 0 aliphatic rings. The Hall–Kier alpha value is -5.67. The molecule has 0 radical (unpaired) electrons. The minimum atomic E-state index is 0.389. The molecule has 0 atom stereocenters. The van der Waals surface area contributed by atoms with Crippen LogP contribution in [0, 0.1) is 36.5 Å². The van der Waals surface area contributed by atoms with E-state index in [0.717, 1.165) is 39.4 Å². The minimum Gasteiger partial charge on any atom is -0.497 e. The first kappa shape index (κ1) is 26.0. The molecule has 196 valence electrons. The van der Waals surface area contributed by atoms with Gasteiger partial charge in [-0.2, -0.15) is 20.5 Å². The zero-order valence-corrected chi connectivity index (χ0v) is 22.3. The molecule has 0 saturated heterocycles. The summed E-state index contributed by atoms with van der Waals surface area (Å²) in [7, 11) is 1.65. The monoisotopic (exact) mass is 526 g/mol. The van der Waals surface area contributed by atoms with Crippen molar-refractivity contribution >= 4 is 40.4 Å². The Kier molecular flexibility index (Phi) is 7.38. The number of nitrogens with zero attached hydrogens (tertiary/aromatic N) is 6. The second-order valence-electron chi connectivity index (χ2n) is 9.22. The summed E-state index contributed by atoms with van der Waals surface area (Å²) in [4.78, 5) is 14.3. The first-order chi connectivity index (χ1) is 19.5. The number of imidazole rings is 1. The van der Waals surface area contributed by atoms with Gasteiger partial charge in [-0.25, -0.2) is 4.98 Å². The molecule has 9 heteroatoms. The van der Waals surface area contributed by atoms with Crippen molar-refractivity contribution in [3.63, 3.8) is 0 Å². The lowest BCUT2D eigenvalue weighted by atomic mass is 10.0. The van der Waals surface area contributed by atoms with Crippen molar-refractivity contribution in [2.45, 2.75) is 20.4 Å². The molecule has 0 spiro atoms. The van der Waals surface area contributed by atoms with Crippen LogP contribution in [0.3, 0.4) is 0 Å². The minimum absolute atomic E-state index is 0.389. The fourth-order valence-electron chi connectivity index (χ4n) is 4.43. The SMILES string of the molecule is COc1ccc(Cn2cnc3c(Nc4c(C)cc(C=CC#N)cc4C)nc(Nc4ccc(C#N)cc4)nc32)cc1. The van der Waals surface area contributed by atoms with E-state index in [0.29, 0.717) is 35.0 Å². The van der Waals surface area contributed by atoms with Gasteiger partial charge in [0.25, 0.3) is 0 Å². The lowest BCUT2D eigenvalue weighted by Gasteiger charge is -2.15. The van der Waals surface area contributed by atoms with Gasteiger partial charge in [0, 0.05) is 17.5 Å². The van der Waals surface area contributed by atoms with E-state index in [4.69, 9.17) is 25.2 Å². The highest BCUT2D eigenvalue weighted by molar-refractivity contribution is 5.88. The second kappa shape index (κ2) is 11.4. The van der Waals surface area contributed by atoms with E-state index in [9.17, 15) is 0 Å². The predicted octanol–water partition coefficient (Wildman–Crippen LogP) is 6.40. The van der Waals surface area contributed by atoms with E-state index >= 15 is 0 Å². The standard InChI is InChI=1S/C31H26N8O/c1-20-15-24(5-4-14-32)16-21(2)27(20)36-29-28-30(38-31(37-29)35-25-10-6-22(17-33)7-11-25)39(19-34-28)18-23-8-12-26(40-3)13-9-23/h4-13,15-16,19H,18H2,1-3H3,(H2,35,36,37,38). The highest BCUT2D eigenvalue weighted by atomic mass is 16.5. The molecule has 2 aromatic heterocycles. The Morgan fingerprint density at radius 2 is 1.68 bits per heavy atom. The average molecular weight is 527 g/mol. The number of allylic oxidation sites excluding steroid dienone is 1. The van der Waals surface area contributed by atoms with Gasteiger partial charge in [-0.3, -0.25) is 0 Å². The van der Waals surface area contributed by atoms with Gasteiger partial charge in [-0.05, 0) is 90.7 Å². The third-order valence-corrected chi connectivity index (χ3v) is 6.39. The van der Waals surface area contributed by atoms with Crippen molar-refractivity contribution in [3.05, 3.63) is 101 Å². The number of hydrogen-bond donors (Lipinski definition) is 2. The molecule has 2 N–H and O–H groups in total. The third-order valence-electron chi connectivity index (χ3n) is 6.39. The Bertz CT molecular complexity index is 1770. The van der Waals surface area contributed by atoms with Crippen molar-refractivity contribution in [1.82, 2.24) is 19.5 Å². The molecule has 9 nitrogen and oxygen atoms in total. The molecule has 0 aliphatic carbocycles. The van der Waals surface area contributed by atoms with Gasteiger partial charge in [0.2, 0.25) is 5.95 Å². The van der Waals surface area contributed by atoms with Crippen molar-refractivity contribution in [3.8, 4) is 17.9 Å². The Morgan fingerprint density at radius 1 is 0.950 bits per heavy atom. The van der Waals surface area contributed by atoms with Gasteiger partial charge in [-0.15, -0.1) is 0 Å². The van der Waals surface area contributed by atoms with E-state index < -0.39 is 0 Å². The van der Waals surface area contributed by atoms with E-state index in [-0.39, 0.29) is 0 Å². The zero-order chi connectivity index (χ0) is 28.1. The maximum absolute atomic E-state index is 9.14. The summed E-state index contributed by atoms with van der Waals surface area (Å²) >= 11 is 0. The van der Waals surface area contributed by atoms with Crippen molar-refractivity contribution < 1.29 is 4.74 Å². The number of benzene rings is 3. The normalized spacial score (nSPS) is 10.8. The predicted molar refractivity (Wildman–Crippen MR) is 156 cm³/mol. The molecular formula is C31H26N8O. The first-order valence-electron chi connectivity index (χ1n) is 12.5. The van der Waals surface area contributed by atoms with Crippen LogP contribution in [-0.2, 0) is 6.54 Å². The van der Waals surface area contributed by atoms with Crippen LogP contribution in [0.4, 0.5) is 23.1 Å². The van der Waals surface area contributed by atoms with Gasteiger partial charge in [0.1, 0.15) is 5.75 Å². The molecule has 2 heterocycles. The number of rotatable bonds is 8. The molecule has 0 fully saturated rings. The largest absolute Gasteiger partial charge is 0.497 e. The molecule has 0 aliphatic heterocycles. The van der Waals surface area contributed by atoms with Crippen LogP contribution in [-0.4, -0.2) is 26.6 Å². The lowest BCUT2D eigenvalue weighted by Crippen LogP contribution is -2.06. The summed E-state index contributed by atoms with van der Waals surface area (Å²) in [5, 5.41) is 24.8. The fourth-order valence-corrected chi connectivity index (χ4v) is 4.43. The summed E-state index contributed by atoms with van der Waals surface area (Å²) in [5.41, 5.74) is 7.55. The molecule has 0 saturated carbocycles. The summed E-state index contributed by atoms with van der Waals surface area (Å²) in [6.45, 7) is 4.58. The van der Waals surface area contributed by atoms with E-state index in [1.54, 1.807) is 31.6 Å². The molecular weight excluding hydrogens is 500 g/mol. The summed E-state index contributed by atoms with van der Waals surface area (Å²) in [6.07, 6.45) is 5.01. The van der Waals surface area contributed by atoms with Crippen molar-refractivity contribution in [1.29, 1.82) is 10.5 Å². The number of aromatic nitrogens is 4. The Balaban J connectivity index is 1.56. The number of ether oxygens (including phenoxy) is 1. The molecule has 5 aromatic rings. The topological polar surface area (TPSA) is 124 Å². The molecule has 0 unspecified atom stereocenters. The fraction of sp³-hybridized carbons (Fsp3) is 0.129. The van der Waals surface area contributed by atoms with Crippen LogP contribution in [0.1, 0.15) is 27.8 Å². The van der Waals surface area contributed by atoms with Crippen LogP contribution >= 0.6 is 0 Å². The van der Waals surface area contributed by atoms with Gasteiger partial charge >= 0.3 is 0 Å². The quantitative estimate of drug-likeness (QED) is 0.223. The highest BCUT2D eigenvalue weighted by Crippen LogP contribution is 2.30. The molecule has 40 heavy (non-hydrogen) atoms. The maximum Gasteiger partial charge on any atom is 0.231 e. The summed E-state index contributed by atoms with van der Waals surface area (Å²) in [6, 6.07) is 23.2. The molecule has 3 aromatic carbocycles. The van der Waals surface area contributed by atoms with Gasteiger partial charge in [-0.1, -0.05) is 12.1 Å². The highest BCUT2D eigenvalue weighted by Gasteiger charge is 2.16. The van der Waals surface area contributed by atoms with Crippen molar-refractivity contribution in [2.24, 2.45) is 0 Å². The van der Waals surface area contributed by atoms with E-state index in [1.807, 2.05) is 73.0 Å². The number of hydrogen-bond acceptors (Lipinski definition) is 8. The Labute approximate surface area is 232 Å². The lowest BCUT2D eigenvalue weighted by molar-refractivity contribution is 0.414. The first-order valence-corrected chi connectivity index (χ1v) is 12.5.